The van der Waals surface area contributed by atoms with E-state index in [2.05, 4.69) is 29.6 Å². The summed E-state index contributed by atoms with van der Waals surface area (Å²) in [6.45, 7) is 5.74. The van der Waals surface area contributed by atoms with Crippen molar-refractivity contribution in [2.45, 2.75) is 38.6 Å². The molecule has 2 nitrogen and oxygen atoms in total. The van der Waals surface area contributed by atoms with E-state index in [-0.39, 0.29) is 0 Å². The Balaban J connectivity index is 1.66. The molecule has 0 bridgehead atoms. The van der Waals surface area contributed by atoms with E-state index in [4.69, 9.17) is 4.74 Å². The van der Waals surface area contributed by atoms with Crippen LogP contribution in [-0.4, -0.2) is 19.8 Å². The van der Waals surface area contributed by atoms with Crippen LogP contribution >= 0.6 is 0 Å². The lowest BCUT2D eigenvalue weighted by Crippen LogP contribution is -2.16. The zero-order valence-electron chi connectivity index (χ0n) is 10.7. The van der Waals surface area contributed by atoms with Gasteiger partial charge in [-0.3, -0.25) is 0 Å². The van der Waals surface area contributed by atoms with Gasteiger partial charge in [0.25, 0.3) is 0 Å². The van der Waals surface area contributed by atoms with Gasteiger partial charge in [-0.1, -0.05) is 24.3 Å². The van der Waals surface area contributed by atoms with Crippen LogP contribution in [0.2, 0.25) is 0 Å². The number of benzene rings is 1. The van der Waals surface area contributed by atoms with Gasteiger partial charge in [0, 0.05) is 19.8 Å². The van der Waals surface area contributed by atoms with Crippen LogP contribution in [0.25, 0.3) is 0 Å². The molecule has 0 aromatic heterocycles. The first kappa shape index (κ1) is 12.6. The third kappa shape index (κ3) is 4.49. The van der Waals surface area contributed by atoms with Gasteiger partial charge in [0.1, 0.15) is 0 Å². The molecule has 0 aliphatic heterocycles. The highest BCUT2D eigenvalue weighted by Gasteiger charge is 2.23. The van der Waals surface area contributed by atoms with Crippen LogP contribution in [0.3, 0.4) is 0 Å². The van der Waals surface area contributed by atoms with Gasteiger partial charge in [-0.05, 0) is 49.8 Å². The maximum Gasteiger partial charge on any atom is 0.0477 e. The molecule has 0 atom stereocenters. The molecule has 1 aliphatic rings. The van der Waals surface area contributed by atoms with E-state index in [0.717, 1.165) is 38.6 Å². The molecule has 0 amide bonds. The zero-order chi connectivity index (χ0) is 11.9. The van der Waals surface area contributed by atoms with Crippen LogP contribution in [0.5, 0.6) is 0 Å². The quantitative estimate of drug-likeness (QED) is 0.697. The summed E-state index contributed by atoms with van der Waals surface area (Å²) < 4.78 is 5.30. The maximum absolute atomic E-state index is 5.30. The summed E-state index contributed by atoms with van der Waals surface area (Å²) in [5, 5.41) is 3.47. The fraction of sp³-hybridized carbons (Fsp3) is 0.600. The predicted octanol–water partition coefficient (Wildman–Crippen LogP) is 3.08. The van der Waals surface area contributed by atoms with Crippen molar-refractivity contribution in [3.8, 4) is 0 Å². The van der Waals surface area contributed by atoms with E-state index in [1.807, 2.05) is 6.92 Å². The molecule has 0 radical (unpaired) electrons. The molecule has 2 rings (SSSR count). The Morgan fingerprint density at radius 2 is 2.24 bits per heavy atom. The molecule has 1 saturated carbocycles. The Morgan fingerprint density at radius 3 is 3.00 bits per heavy atom. The Morgan fingerprint density at radius 1 is 1.35 bits per heavy atom. The number of hydrogen-bond acceptors (Lipinski definition) is 2. The monoisotopic (exact) mass is 233 g/mol. The van der Waals surface area contributed by atoms with Crippen molar-refractivity contribution < 1.29 is 4.74 Å². The number of hydrogen-bond donors (Lipinski definition) is 1. The SMILES string of the molecule is CCOCCCNCc1cccc(C2CC2)c1. The van der Waals surface area contributed by atoms with Gasteiger partial charge in [0.2, 0.25) is 0 Å². The van der Waals surface area contributed by atoms with Crippen molar-refractivity contribution in [3.63, 3.8) is 0 Å². The normalized spacial score (nSPS) is 15.1. The summed E-state index contributed by atoms with van der Waals surface area (Å²) in [6.07, 6.45) is 3.85. The van der Waals surface area contributed by atoms with Crippen LogP contribution in [0.4, 0.5) is 0 Å². The number of nitrogens with one attached hydrogen (secondary N) is 1. The number of ether oxygens (including phenoxy) is 1. The van der Waals surface area contributed by atoms with Gasteiger partial charge in [0.05, 0.1) is 0 Å². The van der Waals surface area contributed by atoms with E-state index in [1.54, 1.807) is 0 Å². The minimum atomic E-state index is 0.823. The van der Waals surface area contributed by atoms with Gasteiger partial charge >= 0.3 is 0 Å². The topological polar surface area (TPSA) is 21.3 Å². The summed E-state index contributed by atoms with van der Waals surface area (Å²) >= 11 is 0. The van der Waals surface area contributed by atoms with E-state index in [9.17, 15) is 0 Å². The standard InChI is InChI=1S/C15H23NO/c1-2-17-10-4-9-16-12-13-5-3-6-15(11-13)14-7-8-14/h3,5-6,11,14,16H,2,4,7-10,12H2,1H3. The highest BCUT2D eigenvalue weighted by molar-refractivity contribution is 5.28. The number of rotatable bonds is 8. The molecule has 1 aromatic carbocycles. The first-order chi connectivity index (χ1) is 8.40. The van der Waals surface area contributed by atoms with Crippen molar-refractivity contribution in [2.75, 3.05) is 19.8 Å². The Hall–Kier alpha value is -0.860. The molecule has 2 heteroatoms. The largest absolute Gasteiger partial charge is 0.382 e. The van der Waals surface area contributed by atoms with E-state index >= 15 is 0 Å². The zero-order valence-corrected chi connectivity index (χ0v) is 10.7. The van der Waals surface area contributed by atoms with Crippen molar-refractivity contribution in [1.82, 2.24) is 5.32 Å². The summed E-state index contributed by atoms with van der Waals surface area (Å²) in [4.78, 5) is 0. The highest BCUT2D eigenvalue weighted by atomic mass is 16.5. The van der Waals surface area contributed by atoms with Crippen molar-refractivity contribution in [2.24, 2.45) is 0 Å². The van der Waals surface area contributed by atoms with Gasteiger partial charge in [-0.2, -0.15) is 0 Å². The maximum atomic E-state index is 5.30. The minimum absolute atomic E-state index is 0.823. The third-order valence-corrected chi connectivity index (χ3v) is 3.18. The molecule has 1 aliphatic carbocycles. The average Bonchev–Trinajstić information content (AvgIpc) is 3.18. The molecule has 1 fully saturated rings. The lowest BCUT2D eigenvalue weighted by molar-refractivity contribution is 0.144. The summed E-state index contributed by atoms with van der Waals surface area (Å²) in [5.74, 6) is 0.855. The highest BCUT2D eigenvalue weighted by Crippen LogP contribution is 2.40. The van der Waals surface area contributed by atoms with Crippen molar-refractivity contribution in [1.29, 1.82) is 0 Å². The predicted molar refractivity (Wildman–Crippen MR) is 71.2 cm³/mol. The lowest BCUT2D eigenvalue weighted by atomic mass is 10.1. The van der Waals surface area contributed by atoms with E-state index in [0.29, 0.717) is 0 Å². The molecule has 94 valence electrons. The molecule has 0 spiro atoms. The molecule has 1 aromatic rings. The van der Waals surface area contributed by atoms with Crippen LogP contribution in [0.15, 0.2) is 24.3 Å². The smallest absolute Gasteiger partial charge is 0.0477 e. The molecule has 0 heterocycles. The Labute approximate surface area is 104 Å². The molecular weight excluding hydrogens is 210 g/mol. The fourth-order valence-corrected chi connectivity index (χ4v) is 2.05. The van der Waals surface area contributed by atoms with E-state index in [1.165, 1.54) is 24.0 Å². The fourth-order valence-electron chi connectivity index (χ4n) is 2.05. The second-order valence-electron chi connectivity index (χ2n) is 4.75. The van der Waals surface area contributed by atoms with Crippen molar-refractivity contribution in [3.05, 3.63) is 35.4 Å². The summed E-state index contributed by atoms with van der Waals surface area (Å²) in [7, 11) is 0. The minimum Gasteiger partial charge on any atom is -0.382 e. The van der Waals surface area contributed by atoms with Crippen LogP contribution < -0.4 is 5.32 Å². The lowest BCUT2D eigenvalue weighted by Gasteiger charge is -2.06. The summed E-state index contributed by atoms with van der Waals surface area (Å²) in [5.41, 5.74) is 2.93. The van der Waals surface area contributed by atoms with Crippen molar-refractivity contribution >= 4 is 0 Å². The average molecular weight is 233 g/mol. The Bertz CT molecular complexity index is 333. The molecule has 0 unspecified atom stereocenters. The third-order valence-electron chi connectivity index (χ3n) is 3.18. The second-order valence-corrected chi connectivity index (χ2v) is 4.75. The molecule has 17 heavy (non-hydrogen) atoms. The molecule has 0 saturated heterocycles. The van der Waals surface area contributed by atoms with Gasteiger partial charge in [0.15, 0.2) is 0 Å². The molecule has 1 N–H and O–H groups in total. The second kappa shape index (κ2) is 6.77. The first-order valence-electron chi connectivity index (χ1n) is 6.77. The van der Waals surface area contributed by atoms with Crippen LogP contribution in [0.1, 0.15) is 43.2 Å². The van der Waals surface area contributed by atoms with Gasteiger partial charge in [-0.25, -0.2) is 0 Å². The van der Waals surface area contributed by atoms with Crippen LogP contribution in [-0.2, 0) is 11.3 Å². The Kier molecular flexibility index (Phi) is 5.02. The van der Waals surface area contributed by atoms with Gasteiger partial charge < -0.3 is 10.1 Å². The van der Waals surface area contributed by atoms with Crippen LogP contribution in [0, 0.1) is 0 Å². The van der Waals surface area contributed by atoms with Gasteiger partial charge in [-0.15, -0.1) is 0 Å². The van der Waals surface area contributed by atoms with E-state index < -0.39 is 0 Å². The summed E-state index contributed by atoms with van der Waals surface area (Å²) in [6, 6.07) is 9.01. The molecular formula is C15H23NO. The first-order valence-corrected chi connectivity index (χ1v) is 6.77.